The number of hydrogen-bond acceptors (Lipinski definition) is 2. The van der Waals surface area contributed by atoms with Gasteiger partial charge in [0.25, 0.3) is 0 Å². The zero-order chi connectivity index (χ0) is 15.6. The molecular weight excluding hydrogens is 268 g/mol. The second kappa shape index (κ2) is 9.97. The highest BCUT2D eigenvalue weighted by Gasteiger charge is 2.23. The van der Waals surface area contributed by atoms with Gasteiger partial charge in [0, 0.05) is 18.3 Å². The Morgan fingerprint density at radius 2 is 1.50 bits per heavy atom. The van der Waals surface area contributed by atoms with E-state index in [-0.39, 0.29) is 0 Å². The van der Waals surface area contributed by atoms with Crippen LogP contribution in [0, 0.1) is 5.92 Å². The van der Waals surface area contributed by atoms with E-state index in [0.29, 0.717) is 5.92 Å². The standard InChI is InChI=1S/C20H34N2/c1-3-5-7-9-17-11-13-19(14-12-17)20-21-15-18(16-22-20)10-8-6-4-2/h15-17,19H,3-14H2,1-2H3/t17-,19-. The number of hydrogen-bond donors (Lipinski definition) is 0. The Morgan fingerprint density at radius 1 is 0.864 bits per heavy atom. The number of aromatic nitrogens is 2. The van der Waals surface area contributed by atoms with Gasteiger partial charge in [-0.05, 0) is 50.0 Å². The molecule has 2 nitrogen and oxygen atoms in total. The van der Waals surface area contributed by atoms with Crippen molar-refractivity contribution in [2.45, 2.75) is 96.8 Å². The number of aryl methyl sites for hydroxylation is 1. The minimum Gasteiger partial charge on any atom is -0.241 e. The molecule has 0 saturated heterocycles. The molecule has 1 heterocycles. The SMILES string of the molecule is CCCCCc1cnc([C@H]2CC[C@H](CCCCC)CC2)nc1. The van der Waals surface area contributed by atoms with Gasteiger partial charge in [-0.25, -0.2) is 9.97 Å². The maximum Gasteiger partial charge on any atom is 0.131 e. The maximum atomic E-state index is 4.67. The van der Waals surface area contributed by atoms with E-state index < -0.39 is 0 Å². The van der Waals surface area contributed by atoms with Crippen LogP contribution in [-0.4, -0.2) is 9.97 Å². The Balaban J connectivity index is 1.74. The van der Waals surface area contributed by atoms with Crippen LogP contribution in [-0.2, 0) is 6.42 Å². The van der Waals surface area contributed by atoms with Gasteiger partial charge in [0.1, 0.15) is 5.82 Å². The summed E-state index contributed by atoms with van der Waals surface area (Å²) < 4.78 is 0. The van der Waals surface area contributed by atoms with Crippen molar-refractivity contribution >= 4 is 0 Å². The van der Waals surface area contributed by atoms with Crippen molar-refractivity contribution in [3.8, 4) is 0 Å². The van der Waals surface area contributed by atoms with Crippen LogP contribution in [0.2, 0.25) is 0 Å². The van der Waals surface area contributed by atoms with Gasteiger partial charge in [-0.2, -0.15) is 0 Å². The van der Waals surface area contributed by atoms with Crippen molar-refractivity contribution in [2.75, 3.05) is 0 Å². The van der Waals surface area contributed by atoms with Crippen LogP contribution in [0.15, 0.2) is 12.4 Å². The molecule has 1 aromatic rings. The summed E-state index contributed by atoms with van der Waals surface area (Å²) in [6.45, 7) is 4.54. The van der Waals surface area contributed by atoms with Crippen LogP contribution in [0.3, 0.4) is 0 Å². The number of rotatable bonds is 9. The van der Waals surface area contributed by atoms with Crippen molar-refractivity contribution in [2.24, 2.45) is 5.92 Å². The minimum atomic E-state index is 0.618. The van der Waals surface area contributed by atoms with Crippen LogP contribution in [0.4, 0.5) is 0 Å². The Hall–Kier alpha value is -0.920. The van der Waals surface area contributed by atoms with Gasteiger partial charge in [0.2, 0.25) is 0 Å². The third-order valence-electron chi connectivity index (χ3n) is 5.22. The van der Waals surface area contributed by atoms with E-state index in [1.54, 1.807) is 0 Å². The first-order chi connectivity index (χ1) is 10.8. The molecule has 1 saturated carbocycles. The molecule has 0 bridgehead atoms. The van der Waals surface area contributed by atoms with Gasteiger partial charge in [0.15, 0.2) is 0 Å². The molecule has 2 rings (SSSR count). The molecule has 0 radical (unpaired) electrons. The van der Waals surface area contributed by atoms with E-state index in [9.17, 15) is 0 Å². The molecule has 0 amide bonds. The summed E-state index contributed by atoms with van der Waals surface area (Å²) in [7, 11) is 0. The Labute approximate surface area is 137 Å². The second-order valence-corrected chi connectivity index (χ2v) is 7.12. The van der Waals surface area contributed by atoms with Crippen molar-refractivity contribution < 1.29 is 0 Å². The molecule has 0 N–H and O–H groups in total. The molecule has 124 valence electrons. The first kappa shape index (κ1) is 17.4. The fraction of sp³-hybridized carbons (Fsp3) is 0.800. The molecule has 0 aromatic carbocycles. The van der Waals surface area contributed by atoms with Gasteiger partial charge >= 0.3 is 0 Å². The van der Waals surface area contributed by atoms with E-state index in [1.165, 1.54) is 76.2 Å². The normalized spacial score (nSPS) is 21.9. The summed E-state index contributed by atoms with van der Waals surface area (Å²) in [4.78, 5) is 9.34. The molecule has 0 atom stereocenters. The molecule has 1 aliphatic carbocycles. The van der Waals surface area contributed by atoms with Crippen LogP contribution in [0.5, 0.6) is 0 Å². The lowest BCUT2D eigenvalue weighted by molar-refractivity contribution is 0.297. The molecule has 1 fully saturated rings. The Morgan fingerprint density at radius 3 is 2.14 bits per heavy atom. The van der Waals surface area contributed by atoms with Gasteiger partial charge in [-0.1, -0.05) is 52.4 Å². The van der Waals surface area contributed by atoms with Crippen LogP contribution >= 0.6 is 0 Å². The quantitative estimate of drug-likeness (QED) is 0.518. The average molecular weight is 303 g/mol. The molecule has 2 heteroatoms. The van der Waals surface area contributed by atoms with Crippen LogP contribution in [0.25, 0.3) is 0 Å². The lowest BCUT2D eigenvalue weighted by Crippen LogP contribution is -2.15. The molecule has 0 aliphatic heterocycles. The zero-order valence-electron chi connectivity index (χ0n) is 14.7. The maximum absolute atomic E-state index is 4.67. The minimum absolute atomic E-state index is 0.618. The Bertz CT molecular complexity index is 391. The van der Waals surface area contributed by atoms with Crippen molar-refractivity contribution in [1.29, 1.82) is 0 Å². The highest BCUT2D eigenvalue weighted by molar-refractivity contribution is 5.08. The van der Waals surface area contributed by atoms with Crippen molar-refractivity contribution in [3.05, 3.63) is 23.8 Å². The van der Waals surface area contributed by atoms with Crippen molar-refractivity contribution in [1.82, 2.24) is 9.97 Å². The van der Waals surface area contributed by atoms with E-state index in [1.807, 2.05) is 0 Å². The summed E-state index contributed by atoms with van der Waals surface area (Å²) in [6.07, 6.45) is 20.1. The molecule has 0 spiro atoms. The summed E-state index contributed by atoms with van der Waals surface area (Å²) in [6, 6.07) is 0. The van der Waals surface area contributed by atoms with E-state index in [0.717, 1.165) is 18.2 Å². The highest BCUT2D eigenvalue weighted by Crippen LogP contribution is 2.36. The molecule has 22 heavy (non-hydrogen) atoms. The van der Waals surface area contributed by atoms with E-state index in [4.69, 9.17) is 0 Å². The predicted molar refractivity (Wildman–Crippen MR) is 94.1 cm³/mol. The van der Waals surface area contributed by atoms with E-state index in [2.05, 4.69) is 36.2 Å². The smallest absolute Gasteiger partial charge is 0.131 e. The second-order valence-electron chi connectivity index (χ2n) is 7.12. The monoisotopic (exact) mass is 302 g/mol. The van der Waals surface area contributed by atoms with Crippen LogP contribution in [0.1, 0.15) is 102 Å². The van der Waals surface area contributed by atoms with Gasteiger partial charge in [-0.3, -0.25) is 0 Å². The largest absolute Gasteiger partial charge is 0.241 e. The predicted octanol–water partition coefficient (Wildman–Crippen LogP) is 6.06. The first-order valence-electron chi connectivity index (χ1n) is 9.64. The number of nitrogens with zero attached hydrogens (tertiary/aromatic N) is 2. The first-order valence-corrected chi connectivity index (χ1v) is 9.64. The Kier molecular flexibility index (Phi) is 7.90. The molecule has 1 aliphatic rings. The van der Waals surface area contributed by atoms with Gasteiger partial charge in [-0.15, -0.1) is 0 Å². The third-order valence-corrected chi connectivity index (χ3v) is 5.22. The molecule has 0 unspecified atom stereocenters. The van der Waals surface area contributed by atoms with E-state index >= 15 is 0 Å². The lowest BCUT2D eigenvalue weighted by Gasteiger charge is -2.27. The molecule has 1 aromatic heterocycles. The summed E-state index contributed by atoms with van der Waals surface area (Å²) in [5, 5.41) is 0. The summed E-state index contributed by atoms with van der Waals surface area (Å²) in [5.74, 6) is 2.69. The lowest BCUT2D eigenvalue weighted by atomic mass is 9.79. The fourth-order valence-corrected chi connectivity index (χ4v) is 3.68. The van der Waals surface area contributed by atoms with Crippen molar-refractivity contribution in [3.63, 3.8) is 0 Å². The van der Waals surface area contributed by atoms with Gasteiger partial charge < -0.3 is 0 Å². The van der Waals surface area contributed by atoms with Gasteiger partial charge in [0.05, 0.1) is 0 Å². The molecular formula is C20H34N2. The number of unbranched alkanes of at least 4 members (excludes halogenated alkanes) is 4. The van der Waals surface area contributed by atoms with Crippen LogP contribution < -0.4 is 0 Å². The summed E-state index contributed by atoms with van der Waals surface area (Å²) in [5.41, 5.74) is 1.31. The highest BCUT2D eigenvalue weighted by atomic mass is 14.9. The average Bonchev–Trinajstić information content (AvgIpc) is 2.57. The zero-order valence-corrected chi connectivity index (χ0v) is 14.7. The third kappa shape index (κ3) is 5.70. The fourth-order valence-electron chi connectivity index (χ4n) is 3.68. The topological polar surface area (TPSA) is 25.8 Å². The summed E-state index contributed by atoms with van der Waals surface area (Å²) >= 11 is 0.